The number of halogens is 2. The molecular formula is C22H17Cl2N5O2S. The molecule has 10 heteroatoms. The van der Waals surface area contributed by atoms with Crippen LogP contribution >= 0.6 is 23.2 Å². The van der Waals surface area contributed by atoms with Gasteiger partial charge in [-0.1, -0.05) is 65.7 Å². The third-order valence-electron chi connectivity index (χ3n) is 4.48. The summed E-state index contributed by atoms with van der Waals surface area (Å²) in [6.45, 7) is 0.114. The molecule has 0 aliphatic heterocycles. The Morgan fingerprint density at radius 1 is 0.812 bits per heavy atom. The van der Waals surface area contributed by atoms with Gasteiger partial charge < -0.3 is 0 Å². The number of hydrogen-bond acceptors (Lipinski definition) is 5. The Labute approximate surface area is 195 Å². The number of nitrogens with one attached hydrogen (secondary N) is 2. The van der Waals surface area contributed by atoms with Crippen molar-refractivity contribution in [1.82, 2.24) is 19.7 Å². The summed E-state index contributed by atoms with van der Waals surface area (Å²) in [6, 6.07) is 19.4. The molecule has 7 nitrogen and oxygen atoms in total. The zero-order valence-corrected chi connectivity index (χ0v) is 18.9. The van der Waals surface area contributed by atoms with Crippen LogP contribution in [0.5, 0.6) is 0 Å². The predicted molar refractivity (Wildman–Crippen MR) is 127 cm³/mol. The van der Waals surface area contributed by atoms with Crippen LogP contribution in [0.1, 0.15) is 5.56 Å². The molecule has 0 fully saturated rings. The fourth-order valence-electron chi connectivity index (χ4n) is 2.95. The monoisotopic (exact) mass is 485 g/mol. The Bertz CT molecular complexity index is 1320. The quantitative estimate of drug-likeness (QED) is 0.360. The zero-order valence-electron chi connectivity index (χ0n) is 16.5. The van der Waals surface area contributed by atoms with Gasteiger partial charge in [0.2, 0.25) is 0 Å². The lowest BCUT2D eigenvalue weighted by Gasteiger charge is -2.15. The number of hydrogen-bond donors (Lipinski definition) is 2. The Balaban J connectivity index is 1.73. The highest BCUT2D eigenvalue weighted by Gasteiger charge is 2.20. The van der Waals surface area contributed by atoms with Crippen LogP contribution in [0.4, 0.5) is 5.82 Å². The third-order valence-corrected chi connectivity index (χ3v) is 5.99. The smallest absolute Gasteiger partial charge is 0.265 e. The summed E-state index contributed by atoms with van der Waals surface area (Å²) >= 11 is 12.5. The Hall–Kier alpha value is -3.04. The third kappa shape index (κ3) is 5.41. The van der Waals surface area contributed by atoms with Crippen molar-refractivity contribution in [2.75, 3.05) is 4.72 Å². The van der Waals surface area contributed by atoms with Crippen molar-refractivity contribution in [3.05, 3.63) is 94.9 Å². The molecule has 2 aromatic heterocycles. The largest absolute Gasteiger partial charge is 0.300 e. The average molecular weight is 486 g/mol. The van der Waals surface area contributed by atoms with E-state index >= 15 is 0 Å². The van der Waals surface area contributed by atoms with Crippen LogP contribution in [0.3, 0.4) is 0 Å². The fraction of sp³-hybridized carbons (Fsp3) is 0.0455. The fourth-order valence-corrected chi connectivity index (χ4v) is 4.18. The molecule has 32 heavy (non-hydrogen) atoms. The Morgan fingerprint density at radius 3 is 2.19 bits per heavy atom. The van der Waals surface area contributed by atoms with E-state index in [1.54, 1.807) is 48.8 Å². The molecule has 0 unspecified atom stereocenters. The normalized spacial score (nSPS) is 11.3. The number of benzene rings is 2. The minimum absolute atomic E-state index is 0.0414. The van der Waals surface area contributed by atoms with Crippen molar-refractivity contribution in [3.8, 4) is 22.5 Å². The second kappa shape index (κ2) is 9.62. The molecule has 2 N–H and O–H groups in total. The van der Waals surface area contributed by atoms with Gasteiger partial charge in [0.25, 0.3) is 0 Å². The van der Waals surface area contributed by atoms with Crippen molar-refractivity contribution >= 4 is 39.2 Å². The highest BCUT2D eigenvalue weighted by Crippen LogP contribution is 2.35. The maximum Gasteiger partial charge on any atom is 0.300 e. The summed E-state index contributed by atoms with van der Waals surface area (Å²) in [5.74, 6) is 0.301. The van der Waals surface area contributed by atoms with Gasteiger partial charge in [-0.25, -0.2) is 9.97 Å². The molecule has 0 saturated carbocycles. The molecule has 0 aliphatic rings. The van der Waals surface area contributed by atoms with Crippen LogP contribution in [-0.4, -0.2) is 23.4 Å². The van der Waals surface area contributed by atoms with Crippen molar-refractivity contribution in [3.63, 3.8) is 0 Å². The molecular weight excluding hydrogens is 469 g/mol. The van der Waals surface area contributed by atoms with Crippen LogP contribution in [-0.2, 0) is 16.8 Å². The van der Waals surface area contributed by atoms with Gasteiger partial charge in [-0.3, -0.25) is 9.71 Å². The standard InChI is InChI=1S/C22H17Cl2N5O2S/c23-18-8-6-16(7-9-18)19-20(24)27-21(17-10-12-25-13-11-17)28-22(19)29-32(30,31)26-14-15-4-2-1-3-5-15/h1-13,26H,14H2,(H,27,28,29). The molecule has 2 aromatic carbocycles. The molecule has 0 saturated heterocycles. The molecule has 0 amide bonds. The number of rotatable bonds is 7. The van der Waals surface area contributed by atoms with Gasteiger partial charge in [0, 0.05) is 29.5 Å². The van der Waals surface area contributed by atoms with Gasteiger partial charge in [0.1, 0.15) is 5.15 Å². The van der Waals surface area contributed by atoms with Crippen LogP contribution < -0.4 is 9.44 Å². The molecule has 0 atom stereocenters. The van der Waals surface area contributed by atoms with E-state index in [0.29, 0.717) is 21.7 Å². The summed E-state index contributed by atoms with van der Waals surface area (Å²) < 4.78 is 30.6. The number of aromatic nitrogens is 3. The molecule has 0 aliphatic carbocycles. The highest BCUT2D eigenvalue weighted by molar-refractivity contribution is 7.90. The van der Waals surface area contributed by atoms with E-state index in [1.807, 2.05) is 30.3 Å². The van der Waals surface area contributed by atoms with Crippen LogP contribution in [0, 0.1) is 0 Å². The molecule has 0 radical (unpaired) electrons. The van der Waals surface area contributed by atoms with E-state index in [9.17, 15) is 8.42 Å². The molecule has 0 bridgehead atoms. The van der Waals surface area contributed by atoms with E-state index in [1.165, 1.54) is 0 Å². The lowest BCUT2D eigenvalue weighted by Crippen LogP contribution is -2.30. The van der Waals surface area contributed by atoms with Gasteiger partial charge in [0.15, 0.2) is 11.6 Å². The first-order chi connectivity index (χ1) is 15.4. The topological polar surface area (TPSA) is 96.9 Å². The average Bonchev–Trinajstić information content (AvgIpc) is 2.80. The first kappa shape index (κ1) is 22.2. The van der Waals surface area contributed by atoms with Gasteiger partial charge >= 0.3 is 10.2 Å². The first-order valence-corrected chi connectivity index (χ1v) is 11.7. The summed E-state index contributed by atoms with van der Waals surface area (Å²) in [5.41, 5.74) is 2.41. The van der Waals surface area contributed by atoms with Crippen molar-refractivity contribution in [2.45, 2.75) is 6.54 Å². The summed E-state index contributed by atoms with van der Waals surface area (Å²) in [5, 5.41) is 0.626. The number of pyridine rings is 1. The van der Waals surface area contributed by atoms with E-state index in [4.69, 9.17) is 23.2 Å². The van der Waals surface area contributed by atoms with Crippen LogP contribution in [0.25, 0.3) is 22.5 Å². The second-order valence-corrected chi connectivity index (χ2v) is 9.01. The molecule has 0 spiro atoms. The number of anilines is 1. The second-order valence-electron chi connectivity index (χ2n) is 6.72. The lowest BCUT2D eigenvalue weighted by molar-refractivity contribution is 0.586. The van der Waals surface area contributed by atoms with Gasteiger partial charge in [-0.15, -0.1) is 0 Å². The Morgan fingerprint density at radius 2 is 1.50 bits per heavy atom. The Kier molecular flexibility index (Phi) is 6.66. The predicted octanol–water partition coefficient (Wildman–Crippen LogP) is 4.96. The van der Waals surface area contributed by atoms with Gasteiger partial charge in [-0.05, 0) is 35.4 Å². The van der Waals surface area contributed by atoms with Crippen LogP contribution in [0.15, 0.2) is 79.1 Å². The zero-order chi connectivity index (χ0) is 22.6. The van der Waals surface area contributed by atoms with Gasteiger partial charge in [0.05, 0.1) is 5.56 Å². The molecule has 2 heterocycles. The summed E-state index contributed by atoms with van der Waals surface area (Å²) in [4.78, 5) is 12.8. The number of nitrogens with zero attached hydrogens (tertiary/aromatic N) is 3. The van der Waals surface area contributed by atoms with Crippen LogP contribution in [0.2, 0.25) is 10.2 Å². The van der Waals surface area contributed by atoms with E-state index in [2.05, 4.69) is 24.4 Å². The maximum atomic E-state index is 12.8. The minimum atomic E-state index is -3.97. The molecule has 4 rings (SSSR count). The molecule has 162 valence electrons. The van der Waals surface area contributed by atoms with E-state index in [0.717, 1.165) is 5.56 Å². The highest BCUT2D eigenvalue weighted by atomic mass is 35.5. The molecule has 4 aromatic rings. The minimum Gasteiger partial charge on any atom is -0.265 e. The summed E-state index contributed by atoms with van der Waals surface area (Å²) in [7, 11) is -3.97. The van der Waals surface area contributed by atoms with Crippen molar-refractivity contribution in [1.29, 1.82) is 0 Å². The summed E-state index contributed by atoms with van der Waals surface area (Å²) in [6.07, 6.45) is 3.18. The van der Waals surface area contributed by atoms with Crippen molar-refractivity contribution < 1.29 is 8.42 Å². The van der Waals surface area contributed by atoms with E-state index in [-0.39, 0.29) is 23.3 Å². The SMILES string of the molecule is O=S(=O)(NCc1ccccc1)Nc1nc(-c2ccncc2)nc(Cl)c1-c1ccc(Cl)cc1. The van der Waals surface area contributed by atoms with Gasteiger partial charge in [-0.2, -0.15) is 13.1 Å². The van der Waals surface area contributed by atoms with Crippen molar-refractivity contribution in [2.24, 2.45) is 0 Å². The first-order valence-electron chi connectivity index (χ1n) is 9.46. The maximum absolute atomic E-state index is 12.8. The van der Waals surface area contributed by atoms with E-state index < -0.39 is 10.2 Å². The lowest BCUT2D eigenvalue weighted by atomic mass is 10.1.